The zero-order chi connectivity index (χ0) is 20.2. The number of nitrogens with one attached hydrogen (secondary N) is 1. The van der Waals surface area contributed by atoms with Gasteiger partial charge in [0.1, 0.15) is 23.8 Å². The van der Waals surface area contributed by atoms with Crippen molar-refractivity contribution in [3.8, 4) is 0 Å². The van der Waals surface area contributed by atoms with Gasteiger partial charge in [-0.3, -0.25) is 4.98 Å². The third-order valence-corrected chi connectivity index (χ3v) is 5.93. The number of rotatable bonds is 4. The fraction of sp³-hybridized carbons (Fsp3) is 0.250. The fourth-order valence-corrected chi connectivity index (χ4v) is 4.37. The molecule has 0 bridgehead atoms. The molecule has 148 valence electrons. The average Bonchev–Trinajstić information content (AvgIpc) is 3.48. The van der Waals surface area contributed by atoms with Crippen LogP contribution in [-0.2, 0) is 10.3 Å². The van der Waals surface area contributed by atoms with Gasteiger partial charge in [-0.1, -0.05) is 23.2 Å². The predicted molar refractivity (Wildman–Crippen MR) is 112 cm³/mol. The van der Waals surface area contributed by atoms with E-state index in [9.17, 15) is 4.39 Å². The molecule has 1 aliphatic heterocycles. The molecule has 0 amide bonds. The number of amidine groups is 1. The summed E-state index contributed by atoms with van der Waals surface area (Å²) in [6.07, 6.45) is 3.80. The van der Waals surface area contributed by atoms with Crippen molar-refractivity contribution < 1.29 is 9.13 Å². The molecule has 5 rings (SSSR count). The Hall–Kier alpha value is -2.64. The van der Waals surface area contributed by atoms with Crippen molar-refractivity contribution in [2.24, 2.45) is 16.6 Å². The van der Waals surface area contributed by atoms with Crippen molar-refractivity contribution in [2.45, 2.75) is 18.1 Å². The summed E-state index contributed by atoms with van der Waals surface area (Å²) >= 11 is 12.5. The van der Waals surface area contributed by atoms with E-state index in [-0.39, 0.29) is 18.0 Å². The lowest BCUT2D eigenvalue weighted by atomic mass is 9.85. The first-order valence-electron chi connectivity index (χ1n) is 9.05. The maximum absolute atomic E-state index is 14.3. The van der Waals surface area contributed by atoms with E-state index in [1.54, 1.807) is 30.6 Å². The number of benzene rings is 1. The zero-order valence-corrected chi connectivity index (χ0v) is 16.6. The van der Waals surface area contributed by atoms with E-state index in [1.165, 1.54) is 0 Å². The van der Waals surface area contributed by atoms with Crippen LogP contribution >= 0.6 is 23.2 Å². The standard InChI is InChI=1S/C20H16Cl2FN5O/c21-11-5-10-3-4-25-18(17(10)26-8-11)27-12-1-2-15(22)13(6-12)20(9-23)14-7-16(14)29-19(24)28-20/h1-6,8,14,16H,7,9H2,(H2,24,28)(H,25,27)/t14?,16-,20-/m1/s1. The second-order valence-corrected chi connectivity index (χ2v) is 8.05. The van der Waals surface area contributed by atoms with Crippen LogP contribution in [0.2, 0.25) is 10.0 Å². The number of nitrogens with two attached hydrogens (primary N) is 1. The van der Waals surface area contributed by atoms with Crippen LogP contribution in [0.3, 0.4) is 0 Å². The second kappa shape index (κ2) is 6.71. The van der Waals surface area contributed by atoms with E-state index in [0.29, 0.717) is 39.1 Å². The minimum absolute atomic E-state index is 0.00683. The quantitative estimate of drug-likeness (QED) is 0.631. The molecule has 0 spiro atoms. The van der Waals surface area contributed by atoms with E-state index in [1.807, 2.05) is 12.1 Å². The maximum atomic E-state index is 14.3. The van der Waals surface area contributed by atoms with Crippen molar-refractivity contribution in [1.29, 1.82) is 0 Å². The monoisotopic (exact) mass is 431 g/mol. The van der Waals surface area contributed by atoms with E-state index >= 15 is 0 Å². The summed E-state index contributed by atoms with van der Waals surface area (Å²) in [5.41, 5.74) is 6.59. The van der Waals surface area contributed by atoms with Crippen LogP contribution < -0.4 is 11.1 Å². The molecule has 6 nitrogen and oxygen atoms in total. The average molecular weight is 432 g/mol. The Bertz CT molecular complexity index is 1160. The summed E-state index contributed by atoms with van der Waals surface area (Å²) in [6.45, 7) is -0.714. The Morgan fingerprint density at radius 2 is 2.10 bits per heavy atom. The summed E-state index contributed by atoms with van der Waals surface area (Å²) < 4.78 is 19.8. The summed E-state index contributed by atoms with van der Waals surface area (Å²) in [4.78, 5) is 13.1. The van der Waals surface area contributed by atoms with Gasteiger partial charge in [-0.05, 0) is 36.8 Å². The van der Waals surface area contributed by atoms with Crippen LogP contribution in [-0.4, -0.2) is 28.8 Å². The van der Waals surface area contributed by atoms with Crippen molar-refractivity contribution in [3.05, 3.63) is 58.3 Å². The first-order chi connectivity index (χ1) is 14.0. The number of ether oxygens (including phenoxy) is 1. The van der Waals surface area contributed by atoms with Gasteiger partial charge in [0, 0.05) is 40.0 Å². The number of pyridine rings is 2. The van der Waals surface area contributed by atoms with Gasteiger partial charge in [0.05, 0.1) is 5.02 Å². The minimum atomic E-state index is -1.14. The number of halogens is 3. The normalized spacial score (nSPS) is 25.1. The molecule has 1 fully saturated rings. The van der Waals surface area contributed by atoms with E-state index in [2.05, 4.69) is 20.3 Å². The fourth-order valence-electron chi connectivity index (χ4n) is 3.92. The van der Waals surface area contributed by atoms with Crippen LogP contribution in [0, 0.1) is 5.92 Å². The molecule has 2 aromatic heterocycles. The predicted octanol–water partition coefficient (Wildman–Crippen LogP) is 4.58. The van der Waals surface area contributed by atoms with E-state index in [0.717, 1.165) is 5.39 Å². The Morgan fingerprint density at radius 3 is 2.93 bits per heavy atom. The van der Waals surface area contributed by atoms with Gasteiger partial charge in [-0.25, -0.2) is 14.4 Å². The van der Waals surface area contributed by atoms with Crippen molar-refractivity contribution in [1.82, 2.24) is 9.97 Å². The van der Waals surface area contributed by atoms with Gasteiger partial charge >= 0.3 is 0 Å². The maximum Gasteiger partial charge on any atom is 0.283 e. The molecule has 1 aromatic carbocycles. The number of aliphatic imine (C=N–C) groups is 1. The highest BCUT2D eigenvalue weighted by Gasteiger charge is 2.59. The molecule has 29 heavy (non-hydrogen) atoms. The number of fused-ring (bicyclic) bond motifs is 2. The van der Waals surface area contributed by atoms with Crippen LogP contribution in [0.4, 0.5) is 15.9 Å². The zero-order valence-electron chi connectivity index (χ0n) is 15.1. The van der Waals surface area contributed by atoms with Gasteiger partial charge in [0.2, 0.25) is 0 Å². The van der Waals surface area contributed by atoms with Gasteiger partial charge in [-0.15, -0.1) is 0 Å². The van der Waals surface area contributed by atoms with E-state index in [4.69, 9.17) is 33.7 Å². The van der Waals surface area contributed by atoms with Crippen molar-refractivity contribution in [2.75, 3.05) is 12.0 Å². The second-order valence-electron chi connectivity index (χ2n) is 7.21. The Kier molecular flexibility index (Phi) is 4.26. The molecular formula is C20H16Cl2FN5O. The largest absolute Gasteiger partial charge is 0.462 e. The smallest absolute Gasteiger partial charge is 0.283 e. The molecule has 3 N–H and O–H groups in total. The molecule has 1 aliphatic carbocycles. The first kappa shape index (κ1) is 18.4. The Morgan fingerprint density at radius 1 is 1.24 bits per heavy atom. The lowest BCUT2D eigenvalue weighted by Crippen LogP contribution is -2.39. The Balaban J connectivity index is 1.57. The Labute approximate surface area is 175 Å². The number of alkyl halides is 1. The van der Waals surface area contributed by atoms with Crippen LogP contribution in [0.15, 0.2) is 47.7 Å². The number of aromatic nitrogens is 2. The number of nitrogens with zero attached hydrogens (tertiary/aromatic N) is 3. The first-order valence-corrected chi connectivity index (χ1v) is 9.81. The lowest BCUT2D eigenvalue weighted by molar-refractivity contribution is 0.171. The number of hydrogen-bond acceptors (Lipinski definition) is 6. The van der Waals surface area contributed by atoms with Crippen molar-refractivity contribution in [3.63, 3.8) is 0 Å². The third-order valence-electron chi connectivity index (χ3n) is 5.39. The molecule has 1 saturated carbocycles. The van der Waals surface area contributed by atoms with Crippen LogP contribution in [0.1, 0.15) is 12.0 Å². The molecule has 0 saturated heterocycles. The highest BCUT2D eigenvalue weighted by molar-refractivity contribution is 6.31. The summed E-state index contributed by atoms with van der Waals surface area (Å²) in [5.74, 6) is 0.466. The van der Waals surface area contributed by atoms with Gasteiger partial charge in [0.15, 0.2) is 5.82 Å². The molecular weight excluding hydrogens is 416 g/mol. The summed E-state index contributed by atoms with van der Waals surface area (Å²) in [7, 11) is 0. The topological polar surface area (TPSA) is 85.4 Å². The molecule has 1 unspecified atom stereocenters. The summed E-state index contributed by atoms with van der Waals surface area (Å²) in [5, 5.41) is 5.07. The molecule has 3 atom stereocenters. The van der Waals surface area contributed by atoms with Gasteiger partial charge in [0.25, 0.3) is 6.02 Å². The molecule has 0 radical (unpaired) electrons. The van der Waals surface area contributed by atoms with Crippen LogP contribution in [0.5, 0.6) is 0 Å². The molecule has 9 heteroatoms. The highest BCUT2D eigenvalue weighted by atomic mass is 35.5. The number of anilines is 2. The minimum Gasteiger partial charge on any atom is -0.462 e. The number of hydrogen-bond donors (Lipinski definition) is 2. The third kappa shape index (κ3) is 3.05. The highest BCUT2D eigenvalue weighted by Crippen LogP contribution is 2.54. The summed E-state index contributed by atoms with van der Waals surface area (Å²) in [6, 6.07) is 8.94. The SMILES string of the molecule is NC1=N[C@](CF)(c2cc(Nc3nccc4cc(Cl)cnc34)ccc2Cl)C2C[C@H]2O1. The van der Waals surface area contributed by atoms with Gasteiger partial charge < -0.3 is 15.8 Å². The van der Waals surface area contributed by atoms with Crippen LogP contribution in [0.25, 0.3) is 10.9 Å². The van der Waals surface area contributed by atoms with E-state index < -0.39 is 12.2 Å². The molecule has 3 heterocycles. The van der Waals surface area contributed by atoms with Gasteiger partial charge in [-0.2, -0.15) is 0 Å². The lowest BCUT2D eigenvalue weighted by Gasteiger charge is -2.32. The molecule has 2 aliphatic rings. The van der Waals surface area contributed by atoms with Crippen molar-refractivity contribution >= 4 is 51.6 Å². The molecule has 3 aromatic rings.